The number of amides is 2. The lowest BCUT2D eigenvalue weighted by Crippen LogP contribution is -2.57. The van der Waals surface area contributed by atoms with Gasteiger partial charge in [0.15, 0.2) is 11.4 Å². The van der Waals surface area contributed by atoms with E-state index in [0.717, 1.165) is 0 Å². The number of nitrogens with zero attached hydrogens (tertiary/aromatic N) is 1. The summed E-state index contributed by atoms with van der Waals surface area (Å²) in [7, 11) is 0. The molecule has 0 bridgehead atoms. The molecule has 1 aliphatic rings. The fourth-order valence-electron chi connectivity index (χ4n) is 2.65. The van der Waals surface area contributed by atoms with Gasteiger partial charge in [-0.3, -0.25) is 4.79 Å². The predicted octanol–water partition coefficient (Wildman–Crippen LogP) is 2.67. The molecule has 2 amide bonds. The normalized spacial score (nSPS) is 20.0. The topological polar surface area (TPSA) is 95.9 Å². The van der Waals surface area contributed by atoms with Gasteiger partial charge in [-0.05, 0) is 32.9 Å². The van der Waals surface area contributed by atoms with Crippen LogP contribution in [0, 0.1) is 5.82 Å². The molecule has 0 aliphatic carbocycles. The number of nitrogens with one attached hydrogen (secondary N) is 1. The summed E-state index contributed by atoms with van der Waals surface area (Å²) in [6, 6.07) is 4.01. The van der Waals surface area contributed by atoms with Crippen LogP contribution in [0.5, 0.6) is 0 Å². The van der Waals surface area contributed by atoms with Crippen LogP contribution in [0.2, 0.25) is 5.02 Å². The molecule has 0 spiro atoms. The van der Waals surface area contributed by atoms with Crippen LogP contribution in [-0.2, 0) is 9.53 Å². The van der Waals surface area contributed by atoms with E-state index in [1.54, 1.807) is 20.8 Å². The molecule has 26 heavy (non-hydrogen) atoms. The lowest BCUT2D eigenvalue weighted by Gasteiger charge is -2.28. The Bertz CT molecular complexity index is 749. The van der Waals surface area contributed by atoms with Crippen LogP contribution in [0.25, 0.3) is 0 Å². The van der Waals surface area contributed by atoms with Crippen molar-refractivity contribution in [3.05, 3.63) is 34.6 Å². The maximum atomic E-state index is 14.1. The standard InChI is InChI=1S/C17H20ClFN2O5/c1-16(2,3)26-15(25)20-17(14(23)24)7-8-21(9-17)13(22)10-5-4-6-11(18)12(10)19/h4-6H,7-9H2,1-3H3,(H,20,25)(H,23,24). The third-order valence-corrected chi connectivity index (χ3v) is 4.18. The van der Waals surface area contributed by atoms with Crippen LogP contribution < -0.4 is 5.32 Å². The molecule has 0 saturated carbocycles. The minimum Gasteiger partial charge on any atom is -0.479 e. The fourth-order valence-corrected chi connectivity index (χ4v) is 2.83. The van der Waals surface area contributed by atoms with Crippen LogP contribution in [0.15, 0.2) is 18.2 Å². The number of carbonyl (C=O) groups is 3. The molecule has 2 rings (SSSR count). The van der Waals surface area contributed by atoms with E-state index in [9.17, 15) is 23.9 Å². The summed E-state index contributed by atoms with van der Waals surface area (Å²) in [4.78, 5) is 37.4. The molecule has 0 aromatic heterocycles. The minimum atomic E-state index is -1.70. The first-order valence-corrected chi connectivity index (χ1v) is 8.31. The summed E-state index contributed by atoms with van der Waals surface area (Å²) in [6.45, 7) is 4.66. The van der Waals surface area contributed by atoms with E-state index in [0.29, 0.717) is 0 Å². The summed E-state index contributed by atoms with van der Waals surface area (Å²) in [6.07, 6.45) is -0.932. The van der Waals surface area contributed by atoms with Crippen LogP contribution >= 0.6 is 11.6 Å². The van der Waals surface area contributed by atoms with Gasteiger partial charge in [0, 0.05) is 13.0 Å². The second-order valence-electron chi connectivity index (χ2n) is 7.09. The van der Waals surface area contributed by atoms with Crippen molar-refractivity contribution in [1.82, 2.24) is 10.2 Å². The van der Waals surface area contributed by atoms with Crippen molar-refractivity contribution in [2.75, 3.05) is 13.1 Å². The van der Waals surface area contributed by atoms with E-state index >= 15 is 0 Å². The van der Waals surface area contributed by atoms with Crippen molar-refractivity contribution in [2.24, 2.45) is 0 Å². The highest BCUT2D eigenvalue weighted by molar-refractivity contribution is 6.31. The molecule has 1 fully saturated rings. The number of carboxylic acid groups (broad SMARTS) is 1. The largest absolute Gasteiger partial charge is 0.479 e. The van der Waals surface area contributed by atoms with E-state index < -0.39 is 34.9 Å². The third kappa shape index (κ3) is 4.24. The van der Waals surface area contributed by atoms with Gasteiger partial charge < -0.3 is 20.1 Å². The highest BCUT2D eigenvalue weighted by atomic mass is 35.5. The van der Waals surface area contributed by atoms with Crippen molar-refractivity contribution in [3.63, 3.8) is 0 Å². The maximum Gasteiger partial charge on any atom is 0.408 e. The maximum absolute atomic E-state index is 14.1. The van der Waals surface area contributed by atoms with Gasteiger partial charge in [-0.2, -0.15) is 0 Å². The zero-order chi connectivity index (χ0) is 19.7. The zero-order valence-electron chi connectivity index (χ0n) is 14.6. The molecule has 2 N–H and O–H groups in total. The fraction of sp³-hybridized carbons (Fsp3) is 0.471. The first kappa shape index (κ1) is 20.0. The zero-order valence-corrected chi connectivity index (χ0v) is 15.4. The van der Waals surface area contributed by atoms with E-state index in [2.05, 4.69) is 5.32 Å². The molecule has 1 saturated heterocycles. The Morgan fingerprint density at radius 1 is 1.35 bits per heavy atom. The van der Waals surface area contributed by atoms with Gasteiger partial charge in [0.05, 0.1) is 17.1 Å². The minimum absolute atomic E-state index is 0.0322. The number of hydrogen-bond acceptors (Lipinski definition) is 4. The molecular weight excluding hydrogens is 367 g/mol. The molecule has 142 valence electrons. The van der Waals surface area contributed by atoms with Crippen molar-refractivity contribution in [2.45, 2.75) is 38.3 Å². The summed E-state index contributed by atoms with van der Waals surface area (Å²) >= 11 is 5.69. The van der Waals surface area contributed by atoms with Gasteiger partial charge in [0.2, 0.25) is 0 Å². The van der Waals surface area contributed by atoms with Gasteiger partial charge in [-0.25, -0.2) is 14.0 Å². The highest BCUT2D eigenvalue weighted by Gasteiger charge is 2.48. The van der Waals surface area contributed by atoms with E-state index in [4.69, 9.17) is 16.3 Å². The Morgan fingerprint density at radius 2 is 2.00 bits per heavy atom. The number of rotatable bonds is 3. The number of ether oxygens (including phenoxy) is 1. The van der Waals surface area contributed by atoms with Gasteiger partial charge in [-0.15, -0.1) is 0 Å². The van der Waals surface area contributed by atoms with Crippen LogP contribution in [-0.4, -0.2) is 52.2 Å². The lowest BCUT2D eigenvalue weighted by atomic mass is 9.99. The van der Waals surface area contributed by atoms with Gasteiger partial charge >= 0.3 is 12.1 Å². The van der Waals surface area contributed by atoms with Crippen LogP contribution in [0.1, 0.15) is 37.6 Å². The Labute approximate surface area is 155 Å². The first-order chi connectivity index (χ1) is 11.9. The van der Waals surface area contributed by atoms with E-state index in [1.807, 2.05) is 0 Å². The lowest BCUT2D eigenvalue weighted by molar-refractivity contribution is -0.144. The number of benzene rings is 1. The Morgan fingerprint density at radius 3 is 2.58 bits per heavy atom. The molecule has 9 heteroatoms. The third-order valence-electron chi connectivity index (χ3n) is 3.89. The Kier molecular flexibility index (Phi) is 5.46. The molecule has 1 aliphatic heterocycles. The van der Waals surface area contributed by atoms with E-state index in [1.165, 1.54) is 23.1 Å². The summed E-state index contributed by atoms with van der Waals surface area (Å²) in [5.74, 6) is -2.86. The molecular formula is C17H20ClFN2O5. The second kappa shape index (κ2) is 7.11. The van der Waals surface area contributed by atoms with Crippen molar-refractivity contribution in [3.8, 4) is 0 Å². The molecule has 0 radical (unpaired) electrons. The number of alkyl carbamates (subject to hydrolysis) is 1. The first-order valence-electron chi connectivity index (χ1n) is 7.93. The summed E-state index contributed by atoms with van der Waals surface area (Å²) < 4.78 is 19.2. The number of hydrogen-bond donors (Lipinski definition) is 2. The Hall–Kier alpha value is -2.35. The molecule has 1 unspecified atom stereocenters. The summed E-state index contributed by atoms with van der Waals surface area (Å²) in [5.41, 5.74) is -2.76. The molecule has 1 aromatic carbocycles. The number of carboxylic acids is 1. The average molecular weight is 387 g/mol. The van der Waals surface area contributed by atoms with Crippen molar-refractivity contribution < 1.29 is 28.6 Å². The molecule has 7 nitrogen and oxygen atoms in total. The van der Waals surface area contributed by atoms with Crippen LogP contribution in [0.3, 0.4) is 0 Å². The quantitative estimate of drug-likeness (QED) is 0.832. The summed E-state index contributed by atoms with van der Waals surface area (Å²) in [5, 5.41) is 11.7. The number of likely N-dealkylation sites (tertiary alicyclic amines) is 1. The molecule has 1 atom stereocenters. The van der Waals surface area contributed by atoms with Crippen molar-refractivity contribution >= 4 is 29.6 Å². The van der Waals surface area contributed by atoms with Crippen molar-refractivity contribution in [1.29, 1.82) is 0 Å². The number of carbonyl (C=O) groups excluding carboxylic acids is 2. The van der Waals surface area contributed by atoms with Gasteiger partial charge in [0.1, 0.15) is 5.60 Å². The number of aliphatic carboxylic acids is 1. The van der Waals surface area contributed by atoms with Gasteiger partial charge in [-0.1, -0.05) is 17.7 Å². The number of halogens is 2. The Balaban J connectivity index is 2.19. The predicted molar refractivity (Wildman–Crippen MR) is 91.7 cm³/mol. The smallest absolute Gasteiger partial charge is 0.408 e. The highest BCUT2D eigenvalue weighted by Crippen LogP contribution is 2.26. The SMILES string of the molecule is CC(C)(C)OC(=O)NC1(C(=O)O)CCN(C(=O)c2cccc(Cl)c2F)C1. The second-order valence-corrected chi connectivity index (χ2v) is 7.50. The monoisotopic (exact) mass is 386 g/mol. The van der Waals surface area contributed by atoms with Gasteiger partial charge in [0.25, 0.3) is 5.91 Å². The molecule has 1 heterocycles. The van der Waals surface area contributed by atoms with Crippen LogP contribution in [0.4, 0.5) is 9.18 Å². The average Bonchev–Trinajstić information content (AvgIpc) is 2.93. The van der Waals surface area contributed by atoms with E-state index in [-0.39, 0.29) is 30.1 Å². The molecule has 1 aromatic rings.